The Hall–Kier alpha value is -3.07. The largest absolute Gasteiger partial charge is 0.501 e. The van der Waals surface area contributed by atoms with Gasteiger partial charge in [0, 0.05) is 17.7 Å². The van der Waals surface area contributed by atoms with Gasteiger partial charge in [0.25, 0.3) is 0 Å². The van der Waals surface area contributed by atoms with Gasteiger partial charge < -0.3 is 10.1 Å². The highest BCUT2D eigenvalue weighted by molar-refractivity contribution is 5.89. The number of carbonyl (C=O) groups is 2. The van der Waals surface area contributed by atoms with E-state index in [2.05, 4.69) is 20.6 Å². The van der Waals surface area contributed by atoms with Crippen LogP contribution >= 0.6 is 0 Å². The van der Waals surface area contributed by atoms with Crippen LogP contribution in [-0.4, -0.2) is 34.7 Å². The smallest absolute Gasteiger partial charge is 0.324 e. The first-order chi connectivity index (χ1) is 11.6. The first-order valence-corrected chi connectivity index (χ1v) is 6.75. The number of carbonyl (C=O) groups excluding carboxylic acids is 2. The molecule has 0 radical (unpaired) electrons. The molecular weight excluding hydrogens is 319 g/mol. The van der Waals surface area contributed by atoms with Crippen molar-refractivity contribution in [1.82, 2.24) is 15.3 Å². The molecule has 0 spiro atoms. The average molecular weight is 336 g/mol. The third-order valence-electron chi connectivity index (χ3n) is 2.86. The van der Waals surface area contributed by atoms with Gasteiger partial charge in [-0.25, -0.2) is 15.1 Å². The highest BCUT2D eigenvalue weighted by atomic mass is 19.3. The number of amides is 2. The second kappa shape index (κ2) is 9.85. The van der Waals surface area contributed by atoms with Gasteiger partial charge in [0.15, 0.2) is 5.82 Å². The Balaban J connectivity index is 0.00000139. The quantitative estimate of drug-likeness (QED) is 0.721. The van der Waals surface area contributed by atoms with Gasteiger partial charge in [-0.15, -0.1) is 0 Å². The third-order valence-corrected chi connectivity index (χ3v) is 2.86. The number of urea groups is 1. The van der Waals surface area contributed by atoms with Crippen LogP contribution in [0.25, 0.3) is 0 Å². The van der Waals surface area contributed by atoms with E-state index in [1.54, 1.807) is 24.4 Å². The topological polar surface area (TPSA) is 113 Å². The number of aldehydes is 1. The molecule has 0 fully saturated rings. The lowest BCUT2D eigenvalue weighted by Gasteiger charge is -2.11. The molecule has 1 aliphatic carbocycles. The normalized spacial score (nSPS) is 13.1. The van der Waals surface area contributed by atoms with Crippen LogP contribution in [0.15, 0.2) is 47.7 Å². The van der Waals surface area contributed by atoms with E-state index in [1.807, 2.05) is 6.92 Å². The van der Waals surface area contributed by atoms with Gasteiger partial charge in [-0.3, -0.25) is 15.1 Å². The van der Waals surface area contributed by atoms with Crippen LogP contribution < -0.4 is 10.6 Å². The lowest BCUT2D eigenvalue weighted by Crippen LogP contribution is -2.28. The summed E-state index contributed by atoms with van der Waals surface area (Å²) in [6, 6.07) is -0.442. The molecule has 0 unspecified atom stereocenters. The second-order valence-electron chi connectivity index (χ2n) is 4.59. The molecular formula is C15H17FN4O4. The number of ether oxygens (including phenoxy) is 1. The summed E-state index contributed by atoms with van der Waals surface area (Å²) >= 11 is 0. The van der Waals surface area contributed by atoms with Crippen LogP contribution in [0, 0.1) is 6.92 Å². The lowest BCUT2D eigenvalue weighted by molar-refractivity contribution is -0.104. The molecule has 24 heavy (non-hydrogen) atoms. The Kier molecular flexibility index (Phi) is 7.79. The molecule has 1 aromatic heterocycles. The van der Waals surface area contributed by atoms with Crippen molar-refractivity contribution in [2.75, 3.05) is 12.4 Å². The Morgan fingerprint density at radius 2 is 2.04 bits per heavy atom. The zero-order valence-corrected chi connectivity index (χ0v) is 13.1. The number of hydrogen-bond donors (Lipinski definition) is 3. The van der Waals surface area contributed by atoms with E-state index in [4.69, 9.17) is 14.6 Å². The second-order valence-corrected chi connectivity index (χ2v) is 4.59. The number of aromatic nitrogens is 2. The van der Waals surface area contributed by atoms with Crippen molar-refractivity contribution in [3.8, 4) is 0 Å². The van der Waals surface area contributed by atoms with Gasteiger partial charge in [0.05, 0.1) is 25.2 Å². The van der Waals surface area contributed by atoms with Crippen molar-refractivity contribution < 1.29 is 24.2 Å². The minimum Gasteiger partial charge on any atom is -0.501 e. The number of nitrogens with zero attached hydrogens (tertiary/aromatic N) is 2. The molecule has 0 saturated heterocycles. The Morgan fingerprint density at radius 3 is 2.62 bits per heavy atom. The maximum Gasteiger partial charge on any atom is 0.324 e. The van der Waals surface area contributed by atoms with E-state index in [-0.39, 0.29) is 0 Å². The van der Waals surface area contributed by atoms with Gasteiger partial charge in [0.1, 0.15) is 12.0 Å². The van der Waals surface area contributed by atoms with Crippen molar-refractivity contribution in [2.45, 2.75) is 13.3 Å². The first kappa shape index (κ1) is 19.0. The van der Waals surface area contributed by atoms with Crippen molar-refractivity contribution in [1.29, 1.82) is 0 Å². The molecule has 2 rings (SSSR count). The molecule has 9 heteroatoms. The molecule has 1 heterocycles. The van der Waals surface area contributed by atoms with Crippen LogP contribution in [0.2, 0.25) is 0 Å². The van der Waals surface area contributed by atoms with Crippen molar-refractivity contribution in [2.24, 2.45) is 0 Å². The highest BCUT2D eigenvalue weighted by Gasteiger charge is 2.11. The Labute approximate surface area is 137 Å². The molecule has 0 aromatic carbocycles. The van der Waals surface area contributed by atoms with Gasteiger partial charge >= 0.3 is 6.03 Å². The molecule has 0 aliphatic heterocycles. The third kappa shape index (κ3) is 5.97. The summed E-state index contributed by atoms with van der Waals surface area (Å²) in [6.45, 7) is 1.81. The number of halogens is 1. The van der Waals surface area contributed by atoms with Gasteiger partial charge in [0.2, 0.25) is 0 Å². The maximum atomic E-state index is 11.9. The summed E-state index contributed by atoms with van der Waals surface area (Å²) in [4.78, 5) is 30.9. The standard InChI is InChI=1S/C15H16N4O3.FHO/c1-10-7-17-14(8-16-10)19-15(21)18-12-4-3-11(9-20)5-13(6-12)22-2;1-2/h3-5,7-9H,6H2,1-2H3,(H2,17,18,19,21);2H. The monoisotopic (exact) mass is 336 g/mol. The summed E-state index contributed by atoms with van der Waals surface area (Å²) in [7, 11) is 1.51. The zero-order valence-electron chi connectivity index (χ0n) is 13.1. The van der Waals surface area contributed by atoms with E-state index < -0.39 is 6.03 Å². The molecule has 1 aliphatic rings. The van der Waals surface area contributed by atoms with Crippen molar-refractivity contribution in [3.05, 3.63) is 53.3 Å². The number of aryl methyl sites for hydroxylation is 1. The maximum absolute atomic E-state index is 11.9. The van der Waals surface area contributed by atoms with E-state index in [9.17, 15) is 9.59 Å². The van der Waals surface area contributed by atoms with Crippen LogP contribution in [0.4, 0.5) is 15.1 Å². The minimum absolute atomic E-state index is 0.351. The Bertz CT molecular complexity index is 669. The number of rotatable bonds is 4. The van der Waals surface area contributed by atoms with Gasteiger partial charge in [-0.2, -0.15) is 0 Å². The Morgan fingerprint density at radius 1 is 1.29 bits per heavy atom. The summed E-state index contributed by atoms with van der Waals surface area (Å²) < 4.78 is 13.7. The van der Waals surface area contributed by atoms with Gasteiger partial charge in [-0.1, -0.05) is 4.53 Å². The van der Waals surface area contributed by atoms with E-state index >= 15 is 0 Å². The molecule has 0 bridgehead atoms. The molecule has 2 amide bonds. The number of allylic oxidation sites excluding steroid dienone is 4. The first-order valence-electron chi connectivity index (χ1n) is 6.75. The number of hydrogen-bond acceptors (Lipinski definition) is 6. The minimum atomic E-state index is -0.442. The van der Waals surface area contributed by atoms with Crippen LogP contribution in [-0.2, 0) is 9.53 Å². The van der Waals surface area contributed by atoms with Crippen molar-refractivity contribution >= 4 is 18.1 Å². The molecule has 0 atom stereocenters. The molecule has 3 N–H and O–H groups in total. The molecule has 1 aromatic rings. The van der Waals surface area contributed by atoms with Gasteiger partial charge in [-0.05, 0) is 25.2 Å². The number of nitrogens with one attached hydrogen (secondary N) is 2. The zero-order chi connectivity index (χ0) is 17.9. The SMILES string of the molecule is COC1=CC(C=O)=CC=C(NC(=O)Nc2cnc(C)cn2)C1.OF. The molecule has 128 valence electrons. The molecule has 0 saturated carbocycles. The fraction of sp³-hybridized carbons (Fsp3) is 0.200. The van der Waals surface area contributed by atoms with Crippen LogP contribution in [0.1, 0.15) is 12.1 Å². The van der Waals surface area contributed by atoms with E-state index in [0.717, 1.165) is 12.0 Å². The lowest BCUT2D eigenvalue weighted by atomic mass is 10.2. The number of methoxy groups -OCH3 is 1. The fourth-order valence-electron chi connectivity index (χ4n) is 1.77. The average Bonchev–Trinajstić information content (AvgIpc) is 2.80. The van der Waals surface area contributed by atoms with Crippen LogP contribution in [0.5, 0.6) is 0 Å². The summed E-state index contributed by atoms with van der Waals surface area (Å²) in [5.74, 6) is 0.932. The fourth-order valence-corrected chi connectivity index (χ4v) is 1.77. The van der Waals surface area contributed by atoms with E-state index in [0.29, 0.717) is 29.3 Å². The summed E-state index contributed by atoms with van der Waals surface area (Å²) in [6.07, 6.45) is 9.03. The summed E-state index contributed by atoms with van der Waals surface area (Å²) in [5, 5.41) is 10.8. The number of anilines is 1. The predicted molar refractivity (Wildman–Crippen MR) is 84.2 cm³/mol. The summed E-state index contributed by atoms with van der Waals surface area (Å²) in [5.41, 5.74) is 1.83. The molecule has 8 nitrogen and oxygen atoms in total. The van der Waals surface area contributed by atoms with Crippen LogP contribution in [0.3, 0.4) is 0 Å². The van der Waals surface area contributed by atoms with Crippen molar-refractivity contribution in [3.63, 3.8) is 0 Å². The van der Waals surface area contributed by atoms with E-state index in [1.165, 1.54) is 13.3 Å². The highest BCUT2D eigenvalue weighted by Crippen LogP contribution is 2.16. The predicted octanol–water partition coefficient (Wildman–Crippen LogP) is 1.71.